The largest absolute Gasteiger partial charge is 0.163 e. The van der Waals surface area contributed by atoms with E-state index >= 15 is 0 Å². The Labute approximate surface area is 76.2 Å². The van der Waals surface area contributed by atoms with Crippen molar-refractivity contribution in [2.45, 2.75) is 32.5 Å². The Bertz CT molecular complexity index is 226. The van der Waals surface area contributed by atoms with E-state index < -0.39 is 0 Å². The molecule has 1 aromatic rings. The van der Waals surface area contributed by atoms with Crippen LogP contribution in [0.15, 0.2) is 30.3 Å². The van der Waals surface area contributed by atoms with Crippen molar-refractivity contribution in [1.29, 1.82) is 0 Å². The quantitative estimate of drug-likeness (QED) is 0.595. The molecule has 1 heteroatoms. The van der Waals surface area contributed by atoms with Crippen LogP contribution in [0.4, 0.5) is 0 Å². The van der Waals surface area contributed by atoms with Crippen molar-refractivity contribution in [1.82, 2.24) is 0 Å². The highest BCUT2D eigenvalue weighted by atomic mass is 14.1. The summed E-state index contributed by atoms with van der Waals surface area (Å²) in [7, 11) is 1.18. The van der Waals surface area contributed by atoms with Gasteiger partial charge in [-0.3, -0.25) is 0 Å². The molecule has 0 amide bonds. The van der Waals surface area contributed by atoms with Crippen LogP contribution >= 0.6 is 0 Å². The zero-order valence-corrected chi connectivity index (χ0v) is 8.30. The van der Waals surface area contributed by atoms with Crippen molar-refractivity contribution in [3.8, 4) is 0 Å². The summed E-state index contributed by atoms with van der Waals surface area (Å²) in [6.45, 7) is 6.89. The number of benzene rings is 1. The van der Waals surface area contributed by atoms with Gasteiger partial charge in [0.15, 0.2) is 7.28 Å². The van der Waals surface area contributed by atoms with Crippen LogP contribution < -0.4 is 5.46 Å². The van der Waals surface area contributed by atoms with Gasteiger partial charge in [-0.1, -0.05) is 68.3 Å². The highest BCUT2D eigenvalue weighted by molar-refractivity contribution is 6.56. The first-order chi connectivity index (χ1) is 5.64. The van der Waals surface area contributed by atoms with E-state index in [1.807, 2.05) is 0 Å². The molecule has 0 spiro atoms. The molecule has 0 saturated heterocycles. The molecule has 0 unspecified atom stereocenters. The maximum Gasteiger partial charge on any atom is 0.163 e. The molecule has 0 radical (unpaired) electrons. The van der Waals surface area contributed by atoms with Gasteiger partial charge < -0.3 is 0 Å². The van der Waals surface area contributed by atoms with E-state index in [0.717, 1.165) is 0 Å². The second-order valence-corrected chi connectivity index (χ2v) is 4.18. The lowest BCUT2D eigenvalue weighted by molar-refractivity contribution is 0.648. The van der Waals surface area contributed by atoms with E-state index in [9.17, 15) is 0 Å². The molecule has 0 N–H and O–H groups in total. The minimum Gasteiger partial charge on any atom is -0.0840 e. The zero-order chi connectivity index (χ0) is 9.03. The standard InChI is InChI=1S/C11H17B/c1-4-11(2,3)12-10-8-6-5-7-9-10/h5-9,12H,4H2,1-3H3. The van der Waals surface area contributed by atoms with Crippen molar-refractivity contribution < 1.29 is 0 Å². The van der Waals surface area contributed by atoms with E-state index in [0.29, 0.717) is 5.31 Å². The van der Waals surface area contributed by atoms with E-state index in [2.05, 4.69) is 51.1 Å². The van der Waals surface area contributed by atoms with Gasteiger partial charge in [0.1, 0.15) is 0 Å². The summed E-state index contributed by atoms with van der Waals surface area (Å²) in [6, 6.07) is 10.7. The molecule has 0 saturated carbocycles. The Morgan fingerprint density at radius 1 is 1.17 bits per heavy atom. The molecule has 1 aromatic carbocycles. The lowest BCUT2D eigenvalue weighted by atomic mass is 9.49. The van der Waals surface area contributed by atoms with Crippen LogP contribution in [0.25, 0.3) is 0 Å². The fourth-order valence-electron chi connectivity index (χ4n) is 1.27. The summed E-state index contributed by atoms with van der Waals surface area (Å²) in [5.74, 6) is 0. The lowest BCUT2D eigenvalue weighted by Crippen LogP contribution is -2.24. The average molecular weight is 160 g/mol. The molecule has 0 nitrogen and oxygen atoms in total. The van der Waals surface area contributed by atoms with E-state index in [4.69, 9.17) is 0 Å². The highest BCUT2D eigenvalue weighted by Crippen LogP contribution is 2.25. The predicted octanol–water partition coefficient (Wildman–Crippen LogP) is 2.36. The number of rotatable bonds is 3. The van der Waals surface area contributed by atoms with Gasteiger partial charge in [0, 0.05) is 0 Å². The van der Waals surface area contributed by atoms with Crippen LogP contribution in [0.1, 0.15) is 27.2 Å². The molecule has 64 valence electrons. The van der Waals surface area contributed by atoms with Crippen LogP contribution in [-0.4, -0.2) is 7.28 Å². The normalized spacial score (nSPS) is 11.2. The third-order valence-electron chi connectivity index (χ3n) is 2.48. The first-order valence-corrected chi connectivity index (χ1v) is 4.68. The van der Waals surface area contributed by atoms with Gasteiger partial charge in [-0.2, -0.15) is 0 Å². The molecule has 0 atom stereocenters. The molecule has 0 aliphatic carbocycles. The summed E-state index contributed by atoms with van der Waals surface area (Å²) in [4.78, 5) is 0. The molecule has 0 fully saturated rings. The highest BCUT2D eigenvalue weighted by Gasteiger charge is 2.16. The molecule has 0 heterocycles. The Balaban J connectivity index is 2.64. The second-order valence-electron chi connectivity index (χ2n) is 4.18. The maximum absolute atomic E-state index is 2.32. The molecule has 0 bridgehead atoms. The van der Waals surface area contributed by atoms with Gasteiger partial charge in [0.2, 0.25) is 0 Å². The van der Waals surface area contributed by atoms with Crippen LogP contribution in [0.5, 0.6) is 0 Å². The van der Waals surface area contributed by atoms with Gasteiger partial charge in [-0.05, 0) is 0 Å². The summed E-state index contributed by atoms with van der Waals surface area (Å²) < 4.78 is 0. The monoisotopic (exact) mass is 160 g/mol. The zero-order valence-electron chi connectivity index (χ0n) is 8.30. The predicted molar refractivity (Wildman–Crippen MR) is 57.6 cm³/mol. The molecular weight excluding hydrogens is 143 g/mol. The van der Waals surface area contributed by atoms with Gasteiger partial charge in [-0.15, -0.1) is 0 Å². The molecule has 0 aromatic heterocycles. The lowest BCUT2D eigenvalue weighted by Gasteiger charge is -2.20. The van der Waals surface area contributed by atoms with Crippen molar-refractivity contribution in [3.05, 3.63) is 30.3 Å². The third-order valence-corrected chi connectivity index (χ3v) is 2.48. The van der Waals surface area contributed by atoms with Crippen molar-refractivity contribution >= 4 is 12.7 Å². The van der Waals surface area contributed by atoms with Gasteiger partial charge >= 0.3 is 0 Å². The van der Waals surface area contributed by atoms with Crippen LogP contribution in [0.2, 0.25) is 5.31 Å². The second kappa shape index (κ2) is 3.80. The molecule has 1 rings (SSSR count). The van der Waals surface area contributed by atoms with E-state index in [1.165, 1.54) is 19.2 Å². The first kappa shape index (κ1) is 9.37. The molecule has 0 aliphatic rings. The summed E-state index contributed by atoms with van der Waals surface area (Å²) in [5, 5.41) is 0.446. The van der Waals surface area contributed by atoms with Crippen molar-refractivity contribution in [2.24, 2.45) is 0 Å². The Kier molecular flexibility index (Phi) is 2.96. The number of hydrogen-bond acceptors (Lipinski definition) is 0. The van der Waals surface area contributed by atoms with Gasteiger partial charge in [0.05, 0.1) is 0 Å². The fraction of sp³-hybridized carbons (Fsp3) is 0.455. The van der Waals surface area contributed by atoms with Crippen LogP contribution in [0.3, 0.4) is 0 Å². The van der Waals surface area contributed by atoms with E-state index in [1.54, 1.807) is 0 Å². The Hall–Kier alpha value is -0.715. The number of hydrogen-bond donors (Lipinski definition) is 0. The van der Waals surface area contributed by atoms with Crippen molar-refractivity contribution in [3.63, 3.8) is 0 Å². The average Bonchev–Trinajstić information content (AvgIpc) is 2.06. The SMILES string of the molecule is CCC(C)(C)Bc1ccccc1. The van der Waals surface area contributed by atoms with Crippen molar-refractivity contribution in [2.75, 3.05) is 0 Å². The topological polar surface area (TPSA) is 0 Å². The molecular formula is C11H17B. The first-order valence-electron chi connectivity index (χ1n) is 4.68. The van der Waals surface area contributed by atoms with Crippen LogP contribution in [0, 0.1) is 0 Å². The fourth-order valence-corrected chi connectivity index (χ4v) is 1.27. The Morgan fingerprint density at radius 3 is 2.25 bits per heavy atom. The summed E-state index contributed by atoms with van der Waals surface area (Å²) in [6.07, 6.45) is 1.24. The maximum atomic E-state index is 2.32. The molecule has 0 aliphatic heterocycles. The smallest absolute Gasteiger partial charge is 0.0840 e. The van der Waals surface area contributed by atoms with E-state index in [-0.39, 0.29) is 0 Å². The van der Waals surface area contributed by atoms with Crippen LogP contribution in [-0.2, 0) is 0 Å². The molecule has 12 heavy (non-hydrogen) atoms. The Morgan fingerprint density at radius 2 is 1.75 bits per heavy atom. The van der Waals surface area contributed by atoms with Gasteiger partial charge in [0.25, 0.3) is 0 Å². The third kappa shape index (κ3) is 2.73. The summed E-state index contributed by atoms with van der Waals surface area (Å²) in [5.41, 5.74) is 1.45. The minimum atomic E-state index is 0.446. The minimum absolute atomic E-state index is 0.446. The summed E-state index contributed by atoms with van der Waals surface area (Å²) >= 11 is 0. The van der Waals surface area contributed by atoms with Gasteiger partial charge in [-0.25, -0.2) is 0 Å².